The van der Waals surface area contributed by atoms with Crippen molar-refractivity contribution in [1.29, 1.82) is 0 Å². The van der Waals surface area contributed by atoms with Gasteiger partial charge >= 0.3 is 5.24 Å². The molecule has 0 fully saturated rings. The maximum Gasteiger partial charge on any atom is 0.433 e. The smallest absolute Gasteiger partial charge is 0.220 e. The molecule has 0 saturated heterocycles. The van der Waals surface area contributed by atoms with Crippen LogP contribution < -0.4 is 0 Å². The largest absolute Gasteiger partial charge is 0.433 e. The van der Waals surface area contributed by atoms with E-state index < -0.39 is 11.1 Å². The van der Waals surface area contributed by atoms with Gasteiger partial charge in [-0.05, 0) is 12.1 Å². The summed E-state index contributed by atoms with van der Waals surface area (Å²) in [5.74, 6) is -0.553. The zero-order chi connectivity index (χ0) is 7.56. The zero-order valence-corrected chi connectivity index (χ0v) is 5.82. The molecule has 10 heavy (non-hydrogen) atoms. The minimum atomic E-state index is -0.655. The van der Waals surface area contributed by atoms with Crippen LogP contribution in [0, 0.1) is 17.4 Å². The van der Waals surface area contributed by atoms with E-state index in [9.17, 15) is 9.18 Å². The van der Waals surface area contributed by atoms with Crippen LogP contribution in [0.5, 0.6) is 0 Å². The van der Waals surface area contributed by atoms with Crippen molar-refractivity contribution >= 4 is 5.24 Å². The second-order valence-electron chi connectivity index (χ2n) is 1.77. The summed E-state index contributed by atoms with van der Waals surface area (Å²) in [6.45, 7) is 0. The summed E-state index contributed by atoms with van der Waals surface area (Å²) in [7, 11) is 0. The number of rotatable bonds is 1. The lowest BCUT2D eigenvalue weighted by molar-refractivity contribution is -0.255. The topological polar surface area (TPSA) is 17.1 Å². The van der Waals surface area contributed by atoms with Gasteiger partial charge in [0.2, 0.25) is 0 Å². The molecule has 0 spiro atoms. The molecule has 1 nitrogen and oxygen atoms in total. The van der Waals surface area contributed by atoms with Crippen molar-refractivity contribution in [1.82, 2.24) is 0 Å². The molecule has 0 aliphatic heterocycles. The number of carbonyl (C=O) groups is 1. The van der Waals surface area contributed by atoms with Gasteiger partial charge in [-0.2, -0.15) is 0 Å². The van der Waals surface area contributed by atoms with Gasteiger partial charge in [-0.1, -0.05) is 12.1 Å². The summed E-state index contributed by atoms with van der Waals surface area (Å²) in [5, 5.41) is -0.655. The summed E-state index contributed by atoms with van der Waals surface area (Å²) in [6, 6.07) is 5.66. The third kappa shape index (κ3) is 1.33. The molecule has 0 heterocycles. The molecule has 0 N–H and O–H groups in total. The van der Waals surface area contributed by atoms with Crippen molar-refractivity contribution in [3.8, 4) is 0 Å². The van der Waals surface area contributed by atoms with E-state index in [4.69, 9.17) is 0 Å². The average molecular weight is 160 g/mol. The predicted octanol–water partition coefficient (Wildman–Crippen LogP) is 1.25. The van der Waals surface area contributed by atoms with E-state index in [1.807, 2.05) is 0 Å². The van der Waals surface area contributed by atoms with Gasteiger partial charge in [-0.25, -0.2) is 9.18 Å². The Kier molecular flexibility index (Phi) is 2.02. The maximum absolute atomic E-state index is 12.6. The van der Waals surface area contributed by atoms with Crippen molar-refractivity contribution < 1.29 is 20.8 Å². The summed E-state index contributed by atoms with van der Waals surface area (Å²) < 4.78 is 12.6. The van der Waals surface area contributed by atoms with Crippen molar-refractivity contribution in [2.75, 3.05) is 0 Å². The molecule has 0 unspecified atom stereocenters. The Labute approximate surface area is 62.4 Å². The third-order valence-corrected chi connectivity index (χ3v) is 1.31. The number of hydrogen-bond acceptors (Lipinski definition) is 1. The second kappa shape index (κ2) is 2.80. The van der Waals surface area contributed by atoms with E-state index in [0.717, 1.165) is 0 Å². The molecule has 0 amide bonds. The predicted molar refractivity (Wildman–Crippen MR) is 32.1 cm³/mol. The maximum atomic E-state index is 12.6. The number of hydrogen-bond donors (Lipinski definition) is 0. The summed E-state index contributed by atoms with van der Waals surface area (Å²) in [6.07, 6.45) is 0. The normalized spacial score (nSPS) is 9.40. The minimum absolute atomic E-state index is 0.0301. The highest BCUT2D eigenvalue weighted by Crippen LogP contribution is 2.05. The fourth-order valence-electron chi connectivity index (χ4n) is 0.627. The van der Waals surface area contributed by atoms with E-state index in [1.165, 1.54) is 18.2 Å². The lowest BCUT2D eigenvalue weighted by atomic mass is 10.2. The molecule has 3 heteroatoms. The molecule has 0 saturated carbocycles. The van der Waals surface area contributed by atoms with Crippen LogP contribution >= 0.6 is 0 Å². The van der Waals surface area contributed by atoms with Crippen LogP contribution in [-0.2, 0) is 0 Å². The number of halogens is 2. The van der Waals surface area contributed by atoms with Crippen LogP contribution in [0.25, 0.3) is 0 Å². The monoisotopic (exact) mass is 159 g/mol. The van der Waals surface area contributed by atoms with Gasteiger partial charge in [-0.3, -0.25) is 0 Å². The Balaban J connectivity index is 3.15. The average Bonchev–Trinajstić information content (AvgIpc) is 1.88. The van der Waals surface area contributed by atoms with Gasteiger partial charge in [0.15, 0.2) is 11.6 Å². The lowest BCUT2D eigenvalue weighted by Crippen LogP contribution is -1.95. The fraction of sp³-hybridized carbons (Fsp3) is 0. The van der Waals surface area contributed by atoms with E-state index in [2.05, 4.69) is 11.6 Å². The highest BCUT2D eigenvalue weighted by atomic mass is 35.5. The standard InChI is InChI=1S/C7H5ClFO/c8-7(10)5-3-1-2-4-6(5)9/h1-4,8H/q+1. The van der Waals surface area contributed by atoms with Crippen molar-refractivity contribution in [2.45, 2.75) is 0 Å². The molecule has 1 rings (SSSR count). The Morgan fingerprint density at radius 3 is 2.40 bits per heavy atom. The fourth-order valence-corrected chi connectivity index (χ4v) is 0.792. The highest BCUT2D eigenvalue weighted by molar-refractivity contribution is 5.85. The molecular formula is C7H5ClFO+. The number of benzene rings is 1. The Bertz CT molecular complexity index is 260. The second-order valence-corrected chi connectivity index (χ2v) is 2.14. The molecule has 0 atom stereocenters. The first kappa shape index (κ1) is 7.22. The summed E-state index contributed by atoms with van der Waals surface area (Å²) in [4.78, 5) is 10.4. The van der Waals surface area contributed by atoms with E-state index >= 15 is 0 Å². The van der Waals surface area contributed by atoms with E-state index in [1.54, 1.807) is 6.07 Å². The molecule has 0 aliphatic carbocycles. The Morgan fingerprint density at radius 1 is 1.40 bits per heavy atom. The highest BCUT2D eigenvalue weighted by Gasteiger charge is 2.13. The lowest BCUT2D eigenvalue weighted by Gasteiger charge is -1.88. The molecule has 1 aromatic carbocycles. The van der Waals surface area contributed by atoms with Crippen LogP contribution in [0.4, 0.5) is 4.39 Å². The first-order valence-electron chi connectivity index (χ1n) is 2.67. The quantitative estimate of drug-likeness (QED) is 0.564. The molecule has 0 aromatic heterocycles. The minimum Gasteiger partial charge on any atom is -0.220 e. The van der Waals surface area contributed by atoms with E-state index in [-0.39, 0.29) is 5.56 Å². The van der Waals surface area contributed by atoms with Crippen LogP contribution in [0.3, 0.4) is 0 Å². The van der Waals surface area contributed by atoms with Gasteiger partial charge in [0.05, 0.1) is 0 Å². The molecule has 0 radical (unpaired) electrons. The van der Waals surface area contributed by atoms with Gasteiger partial charge in [0.25, 0.3) is 0 Å². The first-order valence-corrected chi connectivity index (χ1v) is 3.08. The molecule has 1 aromatic rings. The van der Waals surface area contributed by atoms with Crippen molar-refractivity contribution in [2.24, 2.45) is 0 Å². The van der Waals surface area contributed by atoms with E-state index in [0.29, 0.717) is 0 Å². The Morgan fingerprint density at radius 2 is 2.00 bits per heavy atom. The van der Waals surface area contributed by atoms with Crippen LogP contribution in [0.1, 0.15) is 10.4 Å². The van der Waals surface area contributed by atoms with Crippen LogP contribution in [0.2, 0.25) is 0 Å². The van der Waals surface area contributed by atoms with Crippen LogP contribution in [0.15, 0.2) is 24.3 Å². The van der Waals surface area contributed by atoms with Gasteiger partial charge < -0.3 is 0 Å². The first-order chi connectivity index (χ1) is 4.72. The Hall–Kier alpha value is -0.890. The molecule has 52 valence electrons. The van der Waals surface area contributed by atoms with Gasteiger partial charge in [0.1, 0.15) is 11.4 Å². The third-order valence-electron chi connectivity index (χ3n) is 1.09. The van der Waals surface area contributed by atoms with Gasteiger partial charge in [-0.15, -0.1) is 0 Å². The summed E-state index contributed by atoms with van der Waals surface area (Å²) in [5.41, 5.74) is -0.0301. The van der Waals surface area contributed by atoms with Crippen molar-refractivity contribution in [3.05, 3.63) is 35.6 Å². The van der Waals surface area contributed by atoms with Crippen molar-refractivity contribution in [3.63, 3.8) is 0 Å². The van der Waals surface area contributed by atoms with Crippen LogP contribution in [-0.4, -0.2) is 5.24 Å². The molecular weight excluding hydrogens is 155 g/mol. The zero-order valence-electron chi connectivity index (χ0n) is 5.00. The molecule has 0 bridgehead atoms. The molecule has 0 aliphatic rings. The summed E-state index contributed by atoms with van der Waals surface area (Å²) >= 11 is 4.25. The SMILES string of the molecule is O=C([ClH+])c1ccccc1F. The number of carbonyl (C=O) groups excluding carboxylic acids is 1. The van der Waals surface area contributed by atoms with Gasteiger partial charge in [0, 0.05) is 0 Å².